The number of aliphatic hydroxyl groups excluding tert-OH is 1. The molecule has 1 unspecified atom stereocenters. The van der Waals surface area contributed by atoms with E-state index in [9.17, 15) is 9.59 Å². The lowest BCUT2D eigenvalue weighted by atomic mass is 9.92. The molecule has 0 rings (SSSR count). The number of carboxylic acids is 1. The van der Waals surface area contributed by atoms with Crippen LogP contribution in [0.2, 0.25) is 0 Å². The van der Waals surface area contributed by atoms with Crippen molar-refractivity contribution in [3.05, 3.63) is 0 Å². The molecule has 18 heavy (non-hydrogen) atoms. The van der Waals surface area contributed by atoms with Gasteiger partial charge in [-0.1, -0.05) is 25.7 Å². The number of aliphatic hydroxyl groups is 1. The van der Waals surface area contributed by atoms with E-state index in [0.29, 0.717) is 0 Å². The lowest BCUT2D eigenvalue weighted by Gasteiger charge is -2.13. The van der Waals surface area contributed by atoms with Crippen LogP contribution in [0.1, 0.15) is 64.7 Å². The van der Waals surface area contributed by atoms with Crippen molar-refractivity contribution in [1.29, 1.82) is 0 Å². The van der Waals surface area contributed by atoms with E-state index in [4.69, 9.17) is 10.2 Å². The summed E-state index contributed by atoms with van der Waals surface area (Å²) < 4.78 is 0. The maximum Gasteiger partial charge on any atom is 0.303 e. The van der Waals surface area contributed by atoms with E-state index in [1.165, 1.54) is 0 Å². The van der Waals surface area contributed by atoms with Gasteiger partial charge < -0.3 is 10.2 Å². The van der Waals surface area contributed by atoms with Crippen molar-refractivity contribution in [2.45, 2.75) is 64.7 Å². The van der Waals surface area contributed by atoms with Crippen LogP contribution in [0.3, 0.4) is 0 Å². The maximum atomic E-state index is 11.4. The van der Waals surface area contributed by atoms with Crippen LogP contribution in [0, 0.1) is 5.92 Å². The number of carbonyl (C=O) groups excluding carboxylic acids is 1. The van der Waals surface area contributed by atoms with E-state index in [-0.39, 0.29) is 24.7 Å². The van der Waals surface area contributed by atoms with Gasteiger partial charge in [-0.05, 0) is 32.6 Å². The Morgan fingerprint density at radius 2 is 1.50 bits per heavy atom. The third kappa shape index (κ3) is 10.3. The Balaban J connectivity index is 3.57. The largest absolute Gasteiger partial charge is 0.481 e. The minimum Gasteiger partial charge on any atom is -0.481 e. The summed E-state index contributed by atoms with van der Waals surface area (Å²) in [5.41, 5.74) is 0. The Bertz CT molecular complexity index is 238. The molecule has 106 valence electrons. The molecular formula is C14H26O4. The molecule has 0 saturated carbocycles. The van der Waals surface area contributed by atoms with Gasteiger partial charge in [-0.25, -0.2) is 0 Å². The van der Waals surface area contributed by atoms with Crippen molar-refractivity contribution in [3.8, 4) is 0 Å². The van der Waals surface area contributed by atoms with Gasteiger partial charge in [0.15, 0.2) is 0 Å². The Labute approximate surface area is 109 Å². The zero-order chi connectivity index (χ0) is 13.8. The predicted octanol–water partition coefficient (Wildman–Crippen LogP) is 2.78. The third-order valence-electron chi connectivity index (χ3n) is 3.23. The summed E-state index contributed by atoms with van der Waals surface area (Å²) in [6.07, 6.45) is 7.31. The van der Waals surface area contributed by atoms with E-state index in [1.807, 2.05) is 0 Å². The second kappa shape index (κ2) is 11.2. The molecule has 0 aliphatic carbocycles. The van der Waals surface area contributed by atoms with Crippen molar-refractivity contribution in [1.82, 2.24) is 0 Å². The van der Waals surface area contributed by atoms with Crippen LogP contribution in [-0.2, 0) is 9.59 Å². The molecule has 4 heteroatoms. The summed E-state index contributed by atoms with van der Waals surface area (Å²) in [5.74, 6) is -0.380. The average Bonchev–Trinajstić information content (AvgIpc) is 2.30. The molecule has 1 atom stereocenters. The van der Waals surface area contributed by atoms with Gasteiger partial charge in [0.2, 0.25) is 0 Å². The minimum absolute atomic E-state index is 0.121. The van der Waals surface area contributed by atoms with Crippen LogP contribution < -0.4 is 0 Å². The van der Waals surface area contributed by atoms with Gasteiger partial charge in [-0.2, -0.15) is 0 Å². The highest BCUT2D eigenvalue weighted by atomic mass is 16.4. The topological polar surface area (TPSA) is 74.6 Å². The predicted molar refractivity (Wildman–Crippen MR) is 70.4 cm³/mol. The first kappa shape index (κ1) is 17.1. The molecule has 0 spiro atoms. The zero-order valence-corrected chi connectivity index (χ0v) is 11.4. The van der Waals surface area contributed by atoms with Crippen LogP contribution in [0.25, 0.3) is 0 Å². The van der Waals surface area contributed by atoms with Crippen molar-refractivity contribution >= 4 is 11.8 Å². The third-order valence-corrected chi connectivity index (χ3v) is 3.23. The van der Waals surface area contributed by atoms with Gasteiger partial charge in [-0.15, -0.1) is 0 Å². The fourth-order valence-electron chi connectivity index (χ4n) is 2.07. The summed E-state index contributed by atoms with van der Waals surface area (Å²) >= 11 is 0. The molecule has 0 aromatic rings. The van der Waals surface area contributed by atoms with Crippen molar-refractivity contribution < 1.29 is 19.8 Å². The Morgan fingerprint density at radius 1 is 0.944 bits per heavy atom. The highest BCUT2D eigenvalue weighted by molar-refractivity contribution is 5.78. The van der Waals surface area contributed by atoms with E-state index in [2.05, 4.69) is 0 Å². The quantitative estimate of drug-likeness (QED) is 0.528. The van der Waals surface area contributed by atoms with E-state index in [1.54, 1.807) is 6.92 Å². The summed E-state index contributed by atoms with van der Waals surface area (Å²) in [5, 5.41) is 17.2. The first-order valence-corrected chi connectivity index (χ1v) is 6.91. The van der Waals surface area contributed by atoms with Gasteiger partial charge in [0.1, 0.15) is 5.78 Å². The molecule has 2 N–H and O–H groups in total. The number of carboxylic acid groups (broad SMARTS) is 1. The van der Waals surface area contributed by atoms with Crippen molar-refractivity contribution in [2.75, 3.05) is 6.61 Å². The number of carbonyl (C=O) groups is 2. The van der Waals surface area contributed by atoms with Crippen molar-refractivity contribution in [3.63, 3.8) is 0 Å². The summed E-state index contributed by atoms with van der Waals surface area (Å²) in [7, 11) is 0. The molecule has 0 amide bonds. The highest BCUT2D eigenvalue weighted by Crippen LogP contribution is 2.18. The molecule has 0 saturated heterocycles. The Morgan fingerprint density at radius 3 is 2.00 bits per heavy atom. The fraction of sp³-hybridized carbons (Fsp3) is 0.857. The van der Waals surface area contributed by atoms with Gasteiger partial charge >= 0.3 is 5.97 Å². The Hall–Kier alpha value is -0.900. The lowest BCUT2D eigenvalue weighted by molar-refractivity contribution is -0.137. The second-order valence-electron chi connectivity index (χ2n) is 4.87. The van der Waals surface area contributed by atoms with Crippen LogP contribution in [0.15, 0.2) is 0 Å². The molecular weight excluding hydrogens is 232 g/mol. The summed E-state index contributed by atoms with van der Waals surface area (Å²) in [4.78, 5) is 21.7. The van der Waals surface area contributed by atoms with Crippen LogP contribution in [0.4, 0.5) is 0 Å². The molecule has 0 aliphatic rings. The molecule has 4 nitrogen and oxygen atoms in total. The Kier molecular flexibility index (Phi) is 10.6. The number of aliphatic carboxylic acids is 1. The zero-order valence-electron chi connectivity index (χ0n) is 11.4. The lowest BCUT2D eigenvalue weighted by Crippen LogP contribution is -2.11. The van der Waals surface area contributed by atoms with Crippen LogP contribution in [-0.4, -0.2) is 28.6 Å². The van der Waals surface area contributed by atoms with Crippen molar-refractivity contribution in [2.24, 2.45) is 5.92 Å². The minimum atomic E-state index is -0.736. The standard InChI is InChI=1S/C14H26O4/c1-12(16)13(9-6-7-11-15)8-4-2-3-5-10-14(17)18/h13,15H,2-11H2,1H3,(H,17,18). The van der Waals surface area contributed by atoms with E-state index in [0.717, 1.165) is 51.4 Å². The molecule has 0 fully saturated rings. The smallest absolute Gasteiger partial charge is 0.303 e. The van der Waals surface area contributed by atoms with Gasteiger partial charge in [-0.3, -0.25) is 9.59 Å². The second-order valence-corrected chi connectivity index (χ2v) is 4.87. The molecule has 0 aliphatic heterocycles. The number of hydrogen-bond donors (Lipinski definition) is 2. The highest BCUT2D eigenvalue weighted by Gasteiger charge is 2.13. The number of unbranched alkanes of at least 4 members (excludes halogenated alkanes) is 4. The van der Waals surface area contributed by atoms with E-state index >= 15 is 0 Å². The first-order valence-electron chi connectivity index (χ1n) is 6.91. The number of Topliss-reactive ketones (excluding diaryl/α,β-unsaturated/α-hetero) is 1. The molecule has 0 heterocycles. The number of hydrogen-bond acceptors (Lipinski definition) is 3. The van der Waals surface area contributed by atoms with E-state index < -0.39 is 5.97 Å². The SMILES string of the molecule is CC(=O)C(CCCCO)CCCCCCC(=O)O. The molecule has 0 bridgehead atoms. The number of ketones is 1. The molecule has 0 aromatic heterocycles. The average molecular weight is 258 g/mol. The fourth-order valence-corrected chi connectivity index (χ4v) is 2.07. The normalized spacial score (nSPS) is 12.3. The van der Waals surface area contributed by atoms with Crippen LogP contribution in [0.5, 0.6) is 0 Å². The monoisotopic (exact) mass is 258 g/mol. The first-order chi connectivity index (χ1) is 8.57. The summed E-state index contributed by atoms with van der Waals surface area (Å²) in [6.45, 7) is 1.83. The van der Waals surface area contributed by atoms with Gasteiger partial charge in [0.05, 0.1) is 0 Å². The van der Waals surface area contributed by atoms with Gasteiger partial charge in [0, 0.05) is 18.9 Å². The number of rotatable bonds is 12. The van der Waals surface area contributed by atoms with Gasteiger partial charge in [0.25, 0.3) is 0 Å². The van der Waals surface area contributed by atoms with Crippen LogP contribution >= 0.6 is 0 Å². The maximum absolute atomic E-state index is 11.4. The molecule has 0 aromatic carbocycles. The summed E-state index contributed by atoms with van der Waals surface area (Å²) in [6, 6.07) is 0. The molecule has 0 radical (unpaired) electrons.